The predicted octanol–water partition coefficient (Wildman–Crippen LogP) is 1.76. The lowest BCUT2D eigenvalue weighted by Crippen LogP contribution is -2.43. The third-order valence-corrected chi connectivity index (χ3v) is 3.57. The molecule has 2 heterocycles. The molecule has 10 heteroatoms. The molecule has 0 spiro atoms. The van der Waals surface area contributed by atoms with Gasteiger partial charge in [0.05, 0.1) is 34.7 Å². The summed E-state index contributed by atoms with van der Waals surface area (Å²) in [5.41, 5.74) is 4.42. The molecule has 0 radical (unpaired) electrons. The van der Waals surface area contributed by atoms with Crippen LogP contribution in [0.5, 0.6) is 0 Å². The quantitative estimate of drug-likeness (QED) is 0.877. The smallest absolute Gasteiger partial charge is 0.366 e. The number of anilines is 1. The van der Waals surface area contributed by atoms with E-state index >= 15 is 0 Å². The van der Waals surface area contributed by atoms with Gasteiger partial charge in [0.25, 0.3) is 5.91 Å². The number of imide groups is 1. The van der Waals surface area contributed by atoms with E-state index < -0.39 is 29.9 Å². The van der Waals surface area contributed by atoms with E-state index in [2.05, 4.69) is 9.98 Å². The molecule has 4 amide bonds. The van der Waals surface area contributed by atoms with Crippen molar-refractivity contribution in [3.8, 4) is 0 Å². The van der Waals surface area contributed by atoms with Gasteiger partial charge in [0.1, 0.15) is 0 Å². The maximum Gasteiger partial charge on any atom is 0.398 e. The number of nitrogens with two attached hydrogens (primary N) is 1. The third-order valence-electron chi connectivity index (χ3n) is 3.57. The molecule has 0 fully saturated rings. The van der Waals surface area contributed by atoms with E-state index in [1.807, 2.05) is 0 Å². The van der Waals surface area contributed by atoms with E-state index in [9.17, 15) is 27.6 Å². The summed E-state index contributed by atoms with van der Waals surface area (Å²) >= 11 is 0. The van der Waals surface area contributed by atoms with Crippen LogP contribution in [0.1, 0.15) is 10.4 Å². The summed E-state index contributed by atoms with van der Waals surface area (Å²) in [4.78, 5) is 43.7. The van der Waals surface area contributed by atoms with Crippen LogP contribution in [0.25, 0.3) is 0 Å². The number of hydrogen-bond acceptors (Lipinski definition) is 4. The van der Waals surface area contributed by atoms with E-state index in [0.717, 1.165) is 30.6 Å². The lowest BCUT2D eigenvalue weighted by Gasteiger charge is -2.27. The Balaban J connectivity index is 2.05. The molecule has 0 saturated carbocycles. The number of aliphatic imine (C=N–C) groups is 1. The van der Waals surface area contributed by atoms with Crippen molar-refractivity contribution in [1.29, 1.82) is 0 Å². The van der Waals surface area contributed by atoms with Gasteiger partial charge in [-0.25, -0.2) is 9.69 Å². The standard InChI is InChI=1S/C15H9F3N4O3/c16-15(17,18)8-1-2-11-10(4-8)13(24)22(14(25)21-11)9-3-7(12(19)23)5-20-6-9/h1-6,8H,(H2,19,23). The van der Waals surface area contributed by atoms with Crippen LogP contribution >= 0.6 is 0 Å². The third kappa shape index (κ3) is 2.93. The van der Waals surface area contributed by atoms with Crippen molar-refractivity contribution in [3.63, 3.8) is 0 Å². The minimum atomic E-state index is -4.57. The Kier molecular flexibility index (Phi) is 3.74. The SMILES string of the molecule is NC(=O)c1cncc(N2C(=O)N=C3C=CC(C(F)(F)F)C=C3C2=O)c1. The second-order valence-electron chi connectivity index (χ2n) is 5.22. The molecule has 25 heavy (non-hydrogen) atoms. The highest BCUT2D eigenvalue weighted by atomic mass is 19.4. The summed E-state index contributed by atoms with van der Waals surface area (Å²) < 4.78 is 38.6. The second kappa shape index (κ2) is 5.65. The van der Waals surface area contributed by atoms with Gasteiger partial charge in [-0.2, -0.15) is 18.2 Å². The Morgan fingerprint density at radius 2 is 1.96 bits per heavy atom. The van der Waals surface area contributed by atoms with Gasteiger partial charge in [0, 0.05) is 6.20 Å². The number of fused-ring (bicyclic) bond motifs is 1. The number of halogens is 3. The molecule has 7 nitrogen and oxygen atoms in total. The number of amides is 4. The summed E-state index contributed by atoms with van der Waals surface area (Å²) in [5.74, 6) is -3.79. The zero-order valence-corrected chi connectivity index (χ0v) is 12.3. The number of rotatable bonds is 2. The fourth-order valence-corrected chi connectivity index (χ4v) is 2.36. The van der Waals surface area contributed by atoms with E-state index in [1.165, 1.54) is 0 Å². The number of aromatic nitrogens is 1. The minimum absolute atomic E-state index is 0.0708. The van der Waals surface area contributed by atoms with Gasteiger partial charge in [0.15, 0.2) is 0 Å². The molecule has 1 unspecified atom stereocenters. The first-order chi connectivity index (χ1) is 11.7. The summed E-state index contributed by atoms with van der Waals surface area (Å²) in [5, 5.41) is 0. The Hall–Kier alpha value is -3.30. The Morgan fingerprint density at radius 3 is 2.60 bits per heavy atom. The first-order valence-electron chi connectivity index (χ1n) is 6.87. The van der Waals surface area contributed by atoms with E-state index in [4.69, 9.17) is 5.73 Å². The van der Waals surface area contributed by atoms with Crippen molar-refractivity contribution in [1.82, 2.24) is 4.98 Å². The van der Waals surface area contributed by atoms with Gasteiger partial charge in [-0.05, 0) is 12.1 Å². The maximum atomic E-state index is 12.9. The lowest BCUT2D eigenvalue weighted by molar-refractivity contribution is -0.149. The molecule has 0 aromatic carbocycles. The Labute approximate surface area is 138 Å². The summed E-state index contributed by atoms with van der Waals surface area (Å²) in [6.45, 7) is 0. The molecule has 3 rings (SSSR count). The highest BCUT2D eigenvalue weighted by Gasteiger charge is 2.42. The van der Waals surface area contributed by atoms with Crippen LogP contribution < -0.4 is 10.6 Å². The number of nitrogens with zero attached hydrogens (tertiary/aromatic N) is 3. The van der Waals surface area contributed by atoms with Gasteiger partial charge >= 0.3 is 12.2 Å². The number of allylic oxidation sites excluding steroid dienone is 3. The number of pyridine rings is 1. The van der Waals surface area contributed by atoms with Crippen LogP contribution in [-0.4, -0.2) is 34.7 Å². The summed E-state index contributed by atoms with van der Waals surface area (Å²) in [6, 6.07) is 0.127. The molecule has 0 bridgehead atoms. The second-order valence-corrected chi connectivity index (χ2v) is 5.22. The van der Waals surface area contributed by atoms with Crippen molar-refractivity contribution in [3.05, 3.63) is 47.8 Å². The van der Waals surface area contributed by atoms with Crippen LogP contribution in [-0.2, 0) is 4.79 Å². The van der Waals surface area contributed by atoms with Gasteiger partial charge in [-0.3, -0.25) is 14.6 Å². The van der Waals surface area contributed by atoms with Crippen LogP contribution in [0.3, 0.4) is 0 Å². The highest BCUT2D eigenvalue weighted by Crippen LogP contribution is 2.34. The number of hydrogen-bond donors (Lipinski definition) is 1. The van der Waals surface area contributed by atoms with E-state index in [1.54, 1.807) is 0 Å². The molecule has 1 aromatic heterocycles. The normalized spacial score (nSPS) is 20.1. The molecule has 1 atom stereocenters. The Bertz CT molecular complexity index is 886. The predicted molar refractivity (Wildman–Crippen MR) is 79.8 cm³/mol. The molecular weight excluding hydrogens is 341 g/mol. The van der Waals surface area contributed by atoms with Crippen molar-refractivity contribution in [2.45, 2.75) is 6.18 Å². The minimum Gasteiger partial charge on any atom is -0.366 e. The monoisotopic (exact) mass is 350 g/mol. The zero-order valence-electron chi connectivity index (χ0n) is 12.3. The average Bonchev–Trinajstić information content (AvgIpc) is 2.54. The van der Waals surface area contributed by atoms with Crippen molar-refractivity contribution >= 4 is 29.2 Å². The van der Waals surface area contributed by atoms with E-state index in [-0.39, 0.29) is 22.5 Å². The average molecular weight is 350 g/mol. The number of primary amides is 1. The summed E-state index contributed by atoms with van der Waals surface area (Å²) in [7, 11) is 0. The lowest BCUT2D eigenvalue weighted by atomic mass is 9.93. The summed E-state index contributed by atoms with van der Waals surface area (Å²) in [6.07, 6.45) is 0.151. The van der Waals surface area contributed by atoms with Gasteiger partial charge < -0.3 is 5.73 Å². The first-order valence-corrected chi connectivity index (χ1v) is 6.87. The van der Waals surface area contributed by atoms with Crippen molar-refractivity contribution in [2.24, 2.45) is 16.6 Å². The molecular formula is C15H9F3N4O3. The van der Waals surface area contributed by atoms with Crippen molar-refractivity contribution in [2.75, 3.05) is 4.90 Å². The van der Waals surface area contributed by atoms with Gasteiger partial charge in [0.2, 0.25) is 5.91 Å². The van der Waals surface area contributed by atoms with Crippen LogP contribution in [0, 0.1) is 5.92 Å². The number of carbonyl (C=O) groups excluding carboxylic acids is 3. The number of alkyl halides is 3. The van der Waals surface area contributed by atoms with Crippen LogP contribution in [0.2, 0.25) is 0 Å². The molecule has 0 saturated heterocycles. The molecule has 1 aliphatic heterocycles. The molecule has 128 valence electrons. The zero-order chi connectivity index (χ0) is 18.4. The topological polar surface area (TPSA) is 106 Å². The van der Waals surface area contributed by atoms with Gasteiger partial charge in [-0.15, -0.1) is 0 Å². The van der Waals surface area contributed by atoms with Crippen LogP contribution in [0.4, 0.5) is 23.7 Å². The number of carbonyl (C=O) groups is 3. The molecule has 1 aromatic rings. The molecule has 2 N–H and O–H groups in total. The first kappa shape index (κ1) is 16.6. The number of urea groups is 1. The Morgan fingerprint density at radius 1 is 1.24 bits per heavy atom. The largest absolute Gasteiger partial charge is 0.398 e. The van der Waals surface area contributed by atoms with Crippen LogP contribution in [0.15, 0.2) is 47.3 Å². The highest BCUT2D eigenvalue weighted by molar-refractivity contribution is 6.40. The maximum absolute atomic E-state index is 12.9. The fraction of sp³-hybridized carbons (Fsp3) is 0.133. The fourth-order valence-electron chi connectivity index (χ4n) is 2.36. The van der Waals surface area contributed by atoms with E-state index in [0.29, 0.717) is 11.0 Å². The molecule has 2 aliphatic rings. The molecule has 1 aliphatic carbocycles. The van der Waals surface area contributed by atoms with Crippen molar-refractivity contribution < 1.29 is 27.6 Å². The van der Waals surface area contributed by atoms with Gasteiger partial charge in [-0.1, -0.05) is 12.2 Å².